The Morgan fingerprint density at radius 3 is 1.54 bits per heavy atom. The van der Waals surface area contributed by atoms with Gasteiger partial charge < -0.3 is 4.90 Å². The van der Waals surface area contributed by atoms with E-state index >= 15 is 0 Å². The van der Waals surface area contributed by atoms with Crippen LogP contribution in [0.5, 0.6) is 0 Å². The molecule has 0 radical (unpaired) electrons. The average Bonchev–Trinajstić information content (AvgIpc) is 2.82. The van der Waals surface area contributed by atoms with Crippen LogP contribution in [-0.2, 0) is 10.8 Å². The molecule has 0 saturated carbocycles. The van der Waals surface area contributed by atoms with Crippen molar-refractivity contribution in [2.45, 2.75) is 44.9 Å². The van der Waals surface area contributed by atoms with E-state index < -0.39 is 0 Å². The van der Waals surface area contributed by atoms with E-state index in [1.54, 1.807) is 0 Å². The minimum Gasteiger partial charge on any atom is -0.310 e. The van der Waals surface area contributed by atoms with Gasteiger partial charge >= 0.3 is 0 Å². The third-order valence-electron chi connectivity index (χ3n) is 5.77. The maximum absolute atomic E-state index is 3.56. The molecule has 0 unspecified atom stereocenters. The van der Waals surface area contributed by atoms with Crippen molar-refractivity contribution in [3.63, 3.8) is 0 Å². The summed E-state index contributed by atoms with van der Waals surface area (Å²) in [4.78, 5) is 2.33. The average molecular weight is 499 g/mol. The third kappa shape index (κ3) is 3.55. The Labute approximate surface area is 185 Å². The molecule has 0 atom stereocenters. The van der Waals surface area contributed by atoms with Crippen LogP contribution >= 0.6 is 31.9 Å². The predicted octanol–water partition coefficient (Wildman–Crippen LogP) is 8.64. The van der Waals surface area contributed by atoms with Crippen LogP contribution in [0.2, 0.25) is 0 Å². The Bertz CT molecular complexity index is 956. The van der Waals surface area contributed by atoms with Crippen LogP contribution in [0.25, 0.3) is 0 Å². The molecule has 1 aliphatic carbocycles. The summed E-state index contributed by atoms with van der Waals surface area (Å²) in [6.07, 6.45) is 1.18. The lowest BCUT2D eigenvalue weighted by atomic mass is 9.82. The molecule has 0 spiro atoms. The maximum Gasteiger partial charge on any atom is 0.0464 e. The molecular weight excluding hydrogens is 474 g/mol. The molecule has 28 heavy (non-hydrogen) atoms. The summed E-state index contributed by atoms with van der Waals surface area (Å²) in [7, 11) is 0. The number of hydrogen-bond acceptors (Lipinski definition) is 1. The van der Waals surface area contributed by atoms with Gasteiger partial charge in [0.25, 0.3) is 0 Å². The first-order valence-electron chi connectivity index (χ1n) is 9.64. The van der Waals surface area contributed by atoms with Gasteiger partial charge in [0.15, 0.2) is 0 Å². The number of rotatable bonds is 3. The minimum atomic E-state index is 0.181. The van der Waals surface area contributed by atoms with Crippen molar-refractivity contribution in [3.05, 3.63) is 86.8 Å². The fourth-order valence-electron chi connectivity index (χ4n) is 4.74. The number of nitrogens with zero attached hydrogens (tertiary/aromatic N) is 1. The van der Waals surface area contributed by atoms with Gasteiger partial charge in [-0.3, -0.25) is 0 Å². The Balaban J connectivity index is 1.88. The van der Waals surface area contributed by atoms with E-state index in [0.717, 1.165) is 20.3 Å². The lowest BCUT2D eigenvalue weighted by molar-refractivity contribution is 0.403. The summed E-state index contributed by atoms with van der Waals surface area (Å²) < 4.78 is 2.17. The normalized spacial score (nSPS) is 16.6. The summed E-state index contributed by atoms with van der Waals surface area (Å²) in [5, 5.41) is 0. The summed E-state index contributed by atoms with van der Waals surface area (Å²) in [6, 6.07) is 24.0. The first kappa shape index (κ1) is 19.7. The number of anilines is 3. The van der Waals surface area contributed by atoms with Gasteiger partial charge in [0.2, 0.25) is 0 Å². The van der Waals surface area contributed by atoms with Crippen molar-refractivity contribution in [2.24, 2.45) is 0 Å². The molecule has 0 N–H and O–H groups in total. The second-order valence-corrected chi connectivity index (χ2v) is 10.8. The first-order chi connectivity index (χ1) is 13.2. The monoisotopic (exact) mass is 497 g/mol. The molecule has 3 aromatic rings. The third-order valence-corrected chi connectivity index (χ3v) is 6.83. The number of fused-ring (bicyclic) bond motifs is 1. The maximum atomic E-state index is 3.56. The highest BCUT2D eigenvalue weighted by Crippen LogP contribution is 2.51. The summed E-state index contributed by atoms with van der Waals surface area (Å²) >= 11 is 7.12. The number of benzene rings is 3. The van der Waals surface area contributed by atoms with Crippen molar-refractivity contribution in [1.82, 2.24) is 0 Å². The highest BCUT2D eigenvalue weighted by atomic mass is 79.9. The fourth-order valence-corrected chi connectivity index (χ4v) is 5.27. The Hall–Kier alpha value is -1.58. The molecule has 0 fully saturated rings. The lowest BCUT2D eigenvalue weighted by Crippen LogP contribution is -2.18. The molecule has 1 nitrogen and oxygen atoms in total. The van der Waals surface area contributed by atoms with Crippen LogP contribution in [0.3, 0.4) is 0 Å². The van der Waals surface area contributed by atoms with Crippen LogP contribution < -0.4 is 4.90 Å². The Morgan fingerprint density at radius 2 is 1.04 bits per heavy atom. The van der Waals surface area contributed by atoms with Crippen molar-refractivity contribution >= 4 is 48.9 Å². The molecule has 1 aliphatic rings. The second-order valence-electron chi connectivity index (χ2n) is 8.96. The smallest absolute Gasteiger partial charge is 0.0464 e. The number of hydrogen-bond donors (Lipinski definition) is 0. The van der Waals surface area contributed by atoms with Crippen LogP contribution in [0.15, 0.2) is 75.7 Å². The highest BCUT2D eigenvalue weighted by molar-refractivity contribution is 9.10. The molecule has 0 bridgehead atoms. The molecule has 4 rings (SSSR count). The molecule has 3 aromatic carbocycles. The van der Waals surface area contributed by atoms with Gasteiger partial charge in [-0.25, -0.2) is 0 Å². The number of halogens is 2. The topological polar surface area (TPSA) is 3.24 Å². The zero-order valence-electron chi connectivity index (χ0n) is 16.8. The molecule has 0 aliphatic heterocycles. The highest BCUT2D eigenvalue weighted by Gasteiger charge is 2.42. The molecule has 0 aromatic heterocycles. The summed E-state index contributed by atoms with van der Waals surface area (Å²) in [5.74, 6) is 0. The summed E-state index contributed by atoms with van der Waals surface area (Å²) in [5.41, 5.74) is 6.86. The SMILES string of the molecule is CC1(C)CC(C)(C)c2cc(N(c3ccc(Br)cc3)c3ccc(Br)cc3)ccc21. The summed E-state index contributed by atoms with van der Waals surface area (Å²) in [6.45, 7) is 9.46. The minimum absolute atomic E-state index is 0.181. The Morgan fingerprint density at radius 1 is 0.607 bits per heavy atom. The van der Waals surface area contributed by atoms with Crippen molar-refractivity contribution in [2.75, 3.05) is 4.90 Å². The molecule has 3 heteroatoms. The van der Waals surface area contributed by atoms with Crippen molar-refractivity contribution in [1.29, 1.82) is 0 Å². The molecule has 0 heterocycles. The van der Waals surface area contributed by atoms with Crippen LogP contribution in [0.1, 0.15) is 45.2 Å². The van der Waals surface area contributed by atoms with Gasteiger partial charge in [0.1, 0.15) is 0 Å². The van der Waals surface area contributed by atoms with Gasteiger partial charge in [-0.15, -0.1) is 0 Å². The zero-order chi connectivity index (χ0) is 20.1. The predicted molar refractivity (Wildman–Crippen MR) is 127 cm³/mol. The van der Waals surface area contributed by atoms with E-state index in [0.29, 0.717) is 0 Å². The standard InChI is InChI=1S/C25H25Br2N/c1-24(2)16-25(3,4)23-15-21(13-14-22(23)24)28(19-9-5-17(26)6-10-19)20-11-7-18(27)8-12-20/h5-15H,16H2,1-4H3. The van der Waals surface area contributed by atoms with E-state index in [-0.39, 0.29) is 10.8 Å². The van der Waals surface area contributed by atoms with Gasteiger partial charge in [0, 0.05) is 26.0 Å². The molecular formula is C25H25Br2N. The second kappa shape index (κ2) is 7.03. The molecule has 144 valence electrons. The van der Waals surface area contributed by atoms with E-state index in [2.05, 4.69) is 131 Å². The van der Waals surface area contributed by atoms with Gasteiger partial charge in [-0.05, 0) is 89.0 Å². The van der Waals surface area contributed by atoms with Gasteiger partial charge in [-0.2, -0.15) is 0 Å². The van der Waals surface area contributed by atoms with Gasteiger partial charge in [0.05, 0.1) is 0 Å². The van der Waals surface area contributed by atoms with E-state index in [1.807, 2.05) is 0 Å². The van der Waals surface area contributed by atoms with E-state index in [1.165, 1.54) is 23.2 Å². The molecule has 0 saturated heterocycles. The largest absolute Gasteiger partial charge is 0.310 e. The van der Waals surface area contributed by atoms with Crippen LogP contribution in [0.4, 0.5) is 17.1 Å². The van der Waals surface area contributed by atoms with E-state index in [4.69, 9.17) is 0 Å². The van der Waals surface area contributed by atoms with Crippen LogP contribution in [-0.4, -0.2) is 0 Å². The zero-order valence-corrected chi connectivity index (χ0v) is 19.9. The van der Waals surface area contributed by atoms with Crippen molar-refractivity contribution in [3.8, 4) is 0 Å². The lowest BCUT2D eigenvalue weighted by Gasteiger charge is -2.28. The van der Waals surface area contributed by atoms with Crippen molar-refractivity contribution < 1.29 is 0 Å². The van der Waals surface area contributed by atoms with E-state index in [9.17, 15) is 0 Å². The Kier molecular flexibility index (Phi) is 4.96. The molecule has 0 amide bonds. The first-order valence-corrected chi connectivity index (χ1v) is 11.2. The quantitative estimate of drug-likeness (QED) is 0.349. The van der Waals surface area contributed by atoms with Gasteiger partial charge in [-0.1, -0.05) is 65.6 Å². The van der Waals surface area contributed by atoms with Crippen LogP contribution in [0, 0.1) is 0 Å². The fraction of sp³-hybridized carbons (Fsp3) is 0.280.